The topological polar surface area (TPSA) is 50.4 Å². The molecule has 3 heteroatoms. The average molecular weight is 190 g/mol. The monoisotopic (exact) mass is 190 g/mol. The molecule has 3 nitrogen and oxygen atoms in total. The number of rotatable bonds is 2. The molecular formula is C11H10O3. The predicted octanol–water partition coefficient (Wildman–Crippen LogP) is 2.05. The molecule has 0 saturated heterocycles. The van der Waals surface area contributed by atoms with Gasteiger partial charge in [0.05, 0.1) is 5.56 Å². The third kappa shape index (κ3) is 1.14. The van der Waals surface area contributed by atoms with Gasteiger partial charge in [0.15, 0.2) is 6.29 Å². The fourth-order valence-electron chi connectivity index (χ4n) is 1.58. The van der Waals surface area contributed by atoms with Gasteiger partial charge in [0.2, 0.25) is 0 Å². The number of fused-ring (bicyclic) bond motifs is 1. The van der Waals surface area contributed by atoms with Crippen LogP contribution in [0.15, 0.2) is 22.6 Å². The normalized spacial score (nSPS) is 10.7. The Kier molecular flexibility index (Phi) is 2.09. The number of aldehydes is 1. The molecule has 2 rings (SSSR count). The number of aliphatic hydroxyl groups excluding tert-OH is 1. The van der Waals surface area contributed by atoms with E-state index in [1.165, 1.54) is 0 Å². The highest BCUT2D eigenvalue weighted by Gasteiger charge is 2.13. The third-order valence-electron chi connectivity index (χ3n) is 2.29. The van der Waals surface area contributed by atoms with Crippen molar-refractivity contribution in [3.63, 3.8) is 0 Å². The SMILES string of the molecule is Cc1cccc2c(C=O)c(CO)oc12. The van der Waals surface area contributed by atoms with Crippen LogP contribution in [0.4, 0.5) is 0 Å². The summed E-state index contributed by atoms with van der Waals surface area (Å²) in [5.41, 5.74) is 2.09. The molecule has 72 valence electrons. The molecule has 0 bridgehead atoms. The second-order valence-electron chi connectivity index (χ2n) is 3.17. The van der Waals surface area contributed by atoms with Crippen molar-refractivity contribution in [1.82, 2.24) is 0 Å². The lowest BCUT2D eigenvalue weighted by Gasteiger charge is -1.91. The minimum Gasteiger partial charge on any atom is -0.458 e. The highest BCUT2D eigenvalue weighted by atomic mass is 16.4. The van der Waals surface area contributed by atoms with E-state index in [-0.39, 0.29) is 6.61 Å². The standard InChI is InChI=1S/C11H10O3/c1-7-3-2-4-8-9(5-12)10(6-13)14-11(7)8/h2-5,13H,6H2,1H3. The Labute approximate surface area is 81.0 Å². The average Bonchev–Trinajstić information content (AvgIpc) is 2.57. The number of hydrogen-bond donors (Lipinski definition) is 1. The molecule has 0 amide bonds. The van der Waals surface area contributed by atoms with E-state index in [1.807, 2.05) is 25.1 Å². The zero-order valence-electron chi connectivity index (χ0n) is 7.78. The summed E-state index contributed by atoms with van der Waals surface area (Å²) in [6.07, 6.45) is 0.719. The van der Waals surface area contributed by atoms with Gasteiger partial charge in [0.1, 0.15) is 18.0 Å². The van der Waals surface area contributed by atoms with Gasteiger partial charge in [-0.1, -0.05) is 18.2 Å². The Morgan fingerprint density at radius 2 is 2.29 bits per heavy atom. The van der Waals surface area contributed by atoms with Gasteiger partial charge < -0.3 is 9.52 Å². The molecule has 1 aromatic heterocycles. The summed E-state index contributed by atoms with van der Waals surface area (Å²) < 4.78 is 5.39. The maximum Gasteiger partial charge on any atom is 0.154 e. The molecule has 0 fully saturated rings. The number of aliphatic hydroxyl groups is 1. The smallest absolute Gasteiger partial charge is 0.154 e. The summed E-state index contributed by atoms with van der Waals surface area (Å²) in [5, 5.41) is 9.76. The lowest BCUT2D eigenvalue weighted by Crippen LogP contribution is -1.85. The third-order valence-corrected chi connectivity index (χ3v) is 2.29. The molecular weight excluding hydrogens is 180 g/mol. The first kappa shape index (κ1) is 8.97. The van der Waals surface area contributed by atoms with Crippen LogP contribution in [0.1, 0.15) is 21.7 Å². The van der Waals surface area contributed by atoms with Crippen LogP contribution in [-0.2, 0) is 6.61 Å². The lowest BCUT2D eigenvalue weighted by atomic mass is 10.1. The van der Waals surface area contributed by atoms with E-state index in [1.54, 1.807) is 0 Å². The first-order valence-corrected chi connectivity index (χ1v) is 4.35. The Hall–Kier alpha value is -1.61. The number of carbonyl (C=O) groups is 1. The van der Waals surface area contributed by atoms with Gasteiger partial charge in [-0.25, -0.2) is 0 Å². The van der Waals surface area contributed by atoms with Gasteiger partial charge >= 0.3 is 0 Å². The summed E-state index contributed by atoms with van der Waals surface area (Å²) >= 11 is 0. The van der Waals surface area contributed by atoms with Crippen molar-refractivity contribution in [3.05, 3.63) is 35.1 Å². The Morgan fingerprint density at radius 1 is 1.50 bits per heavy atom. The highest BCUT2D eigenvalue weighted by Crippen LogP contribution is 2.26. The molecule has 0 radical (unpaired) electrons. The van der Waals surface area contributed by atoms with Crippen molar-refractivity contribution in [2.75, 3.05) is 0 Å². The summed E-state index contributed by atoms with van der Waals surface area (Å²) in [4.78, 5) is 10.8. The minimum absolute atomic E-state index is 0.248. The van der Waals surface area contributed by atoms with Crippen LogP contribution < -0.4 is 0 Å². The van der Waals surface area contributed by atoms with Crippen molar-refractivity contribution in [3.8, 4) is 0 Å². The van der Waals surface area contributed by atoms with Gasteiger partial charge in [0, 0.05) is 5.39 Å². The van der Waals surface area contributed by atoms with E-state index in [4.69, 9.17) is 9.52 Å². The van der Waals surface area contributed by atoms with Crippen molar-refractivity contribution in [2.45, 2.75) is 13.5 Å². The zero-order chi connectivity index (χ0) is 10.1. The van der Waals surface area contributed by atoms with Crippen LogP contribution in [0.2, 0.25) is 0 Å². The molecule has 0 aliphatic rings. The zero-order valence-corrected chi connectivity index (χ0v) is 7.78. The lowest BCUT2D eigenvalue weighted by molar-refractivity contribution is 0.111. The molecule has 1 heterocycles. The van der Waals surface area contributed by atoms with Crippen LogP contribution in [0, 0.1) is 6.92 Å². The number of hydrogen-bond acceptors (Lipinski definition) is 3. The fourth-order valence-corrected chi connectivity index (χ4v) is 1.58. The van der Waals surface area contributed by atoms with Gasteiger partial charge in [-0.05, 0) is 12.5 Å². The largest absolute Gasteiger partial charge is 0.458 e. The number of benzene rings is 1. The summed E-state index contributed by atoms with van der Waals surface area (Å²) in [5.74, 6) is 0.337. The Morgan fingerprint density at radius 3 is 2.93 bits per heavy atom. The summed E-state index contributed by atoms with van der Waals surface area (Å²) in [6.45, 7) is 1.66. The van der Waals surface area contributed by atoms with Gasteiger partial charge in [-0.3, -0.25) is 4.79 Å². The molecule has 14 heavy (non-hydrogen) atoms. The fraction of sp³-hybridized carbons (Fsp3) is 0.182. The maximum absolute atomic E-state index is 10.8. The van der Waals surface area contributed by atoms with Crippen LogP contribution in [0.3, 0.4) is 0 Å². The van der Waals surface area contributed by atoms with Gasteiger partial charge in [-0.15, -0.1) is 0 Å². The molecule has 0 unspecified atom stereocenters. The first-order chi connectivity index (χ1) is 6.77. The quantitative estimate of drug-likeness (QED) is 0.737. The molecule has 1 N–H and O–H groups in total. The molecule has 0 aliphatic carbocycles. The molecule has 0 saturated carbocycles. The number of para-hydroxylation sites is 1. The molecule has 0 aliphatic heterocycles. The van der Waals surface area contributed by atoms with Gasteiger partial charge in [-0.2, -0.15) is 0 Å². The Bertz CT molecular complexity index is 482. The van der Waals surface area contributed by atoms with E-state index in [2.05, 4.69) is 0 Å². The van der Waals surface area contributed by atoms with Crippen LogP contribution in [0.5, 0.6) is 0 Å². The van der Waals surface area contributed by atoms with E-state index in [0.717, 1.165) is 17.2 Å². The van der Waals surface area contributed by atoms with Crippen LogP contribution in [-0.4, -0.2) is 11.4 Å². The molecule has 0 atom stereocenters. The van der Waals surface area contributed by atoms with Crippen molar-refractivity contribution in [2.24, 2.45) is 0 Å². The second kappa shape index (κ2) is 3.27. The highest BCUT2D eigenvalue weighted by molar-refractivity contribution is 5.98. The molecule has 1 aromatic carbocycles. The van der Waals surface area contributed by atoms with Crippen molar-refractivity contribution in [1.29, 1.82) is 0 Å². The summed E-state index contributed by atoms with van der Waals surface area (Å²) in [7, 11) is 0. The summed E-state index contributed by atoms with van der Waals surface area (Å²) in [6, 6.07) is 5.58. The predicted molar refractivity (Wildman–Crippen MR) is 52.3 cm³/mol. The van der Waals surface area contributed by atoms with Crippen molar-refractivity contribution >= 4 is 17.3 Å². The van der Waals surface area contributed by atoms with E-state index >= 15 is 0 Å². The van der Waals surface area contributed by atoms with Crippen molar-refractivity contribution < 1.29 is 14.3 Å². The second-order valence-corrected chi connectivity index (χ2v) is 3.17. The number of aryl methyl sites for hydroxylation is 1. The maximum atomic E-state index is 10.8. The van der Waals surface area contributed by atoms with Crippen LogP contribution >= 0.6 is 0 Å². The molecule has 0 spiro atoms. The Balaban J connectivity index is 2.86. The van der Waals surface area contributed by atoms with E-state index in [0.29, 0.717) is 16.9 Å². The van der Waals surface area contributed by atoms with E-state index in [9.17, 15) is 4.79 Å². The number of furan rings is 1. The first-order valence-electron chi connectivity index (χ1n) is 4.35. The van der Waals surface area contributed by atoms with Gasteiger partial charge in [0.25, 0.3) is 0 Å². The van der Waals surface area contributed by atoms with Crippen LogP contribution in [0.25, 0.3) is 11.0 Å². The molecule has 2 aromatic rings. The van der Waals surface area contributed by atoms with E-state index < -0.39 is 0 Å². The number of carbonyl (C=O) groups excluding carboxylic acids is 1. The minimum atomic E-state index is -0.248.